The summed E-state index contributed by atoms with van der Waals surface area (Å²) >= 11 is 5.14. The Morgan fingerprint density at radius 1 is 0.941 bits per heavy atom. The fraction of sp³-hybridized carbons (Fsp3) is 0.333. The van der Waals surface area contributed by atoms with Gasteiger partial charge in [-0.3, -0.25) is 0 Å². The van der Waals surface area contributed by atoms with Crippen LogP contribution in [-0.4, -0.2) is 5.11 Å². The number of hydrogen-bond acceptors (Lipinski definition) is 1. The zero-order chi connectivity index (χ0) is 13.4. The third kappa shape index (κ3) is 2.77. The second-order valence-electron chi connectivity index (χ2n) is 3.12. The van der Waals surface area contributed by atoms with E-state index in [0.717, 1.165) is 0 Å². The van der Waals surface area contributed by atoms with E-state index in [2.05, 4.69) is 0 Å². The minimum Gasteiger partial charge on any atom is -0.507 e. The molecular formula is C9H5ClF6O. The quantitative estimate of drug-likeness (QED) is 0.604. The highest BCUT2D eigenvalue weighted by molar-refractivity contribution is 6.17. The zero-order valence-corrected chi connectivity index (χ0v) is 8.71. The van der Waals surface area contributed by atoms with E-state index in [1.807, 2.05) is 0 Å². The largest absolute Gasteiger partial charge is 0.507 e. The molecule has 1 aromatic rings. The number of aromatic hydroxyl groups is 1. The van der Waals surface area contributed by atoms with Crippen molar-refractivity contribution in [3.8, 4) is 5.75 Å². The van der Waals surface area contributed by atoms with Crippen LogP contribution in [0.3, 0.4) is 0 Å². The first-order chi connectivity index (χ1) is 7.59. The molecule has 1 rings (SSSR count). The fourth-order valence-electron chi connectivity index (χ4n) is 1.27. The van der Waals surface area contributed by atoms with Gasteiger partial charge in [0.25, 0.3) is 0 Å². The van der Waals surface area contributed by atoms with Gasteiger partial charge in [-0.25, -0.2) is 0 Å². The minimum atomic E-state index is -4.94. The van der Waals surface area contributed by atoms with Gasteiger partial charge in [-0.2, -0.15) is 26.3 Å². The number of phenols is 1. The molecule has 17 heavy (non-hydrogen) atoms. The van der Waals surface area contributed by atoms with Gasteiger partial charge in [0.1, 0.15) is 5.75 Å². The van der Waals surface area contributed by atoms with Gasteiger partial charge < -0.3 is 5.11 Å². The molecule has 0 bridgehead atoms. The Hall–Kier alpha value is -1.11. The van der Waals surface area contributed by atoms with Crippen LogP contribution < -0.4 is 0 Å². The number of hydrogen-bond donors (Lipinski definition) is 1. The van der Waals surface area contributed by atoms with Crippen LogP contribution in [0.1, 0.15) is 16.7 Å². The third-order valence-corrected chi connectivity index (χ3v) is 2.29. The van der Waals surface area contributed by atoms with Crippen LogP contribution in [0.2, 0.25) is 0 Å². The summed E-state index contributed by atoms with van der Waals surface area (Å²) in [5.74, 6) is -2.35. The van der Waals surface area contributed by atoms with Crippen LogP contribution in [0.5, 0.6) is 5.75 Å². The Labute approximate surface area is 96.6 Å². The molecule has 1 nitrogen and oxygen atoms in total. The predicted octanol–water partition coefficient (Wildman–Crippen LogP) is 4.17. The van der Waals surface area contributed by atoms with Gasteiger partial charge >= 0.3 is 12.4 Å². The molecule has 0 amide bonds. The molecule has 0 aliphatic rings. The van der Waals surface area contributed by atoms with E-state index in [4.69, 9.17) is 16.7 Å². The van der Waals surface area contributed by atoms with Crippen LogP contribution in [0.15, 0.2) is 12.1 Å². The maximum atomic E-state index is 12.4. The molecule has 96 valence electrons. The first kappa shape index (κ1) is 14.0. The molecule has 0 aliphatic heterocycles. The van der Waals surface area contributed by atoms with Crippen molar-refractivity contribution in [1.82, 2.24) is 0 Å². The van der Waals surface area contributed by atoms with Crippen molar-refractivity contribution < 1.29 is 31.4 Å². The monoisotopic (exact) mass is 278 g/mol. The summed E-state index contributed by atoms with van der Waals surface area (Å²) in [6.07, 6.45) is -9.80. The summed E-state index contributed by atoms with van der Waals surface area (Å²) in [4.78, 5) is 0. The van der Waals surface area contributed by atoms with E-state index in [9.17, 15) is 26.3 Å². The summed E-state index contributed by atoms with van der Waals surface area (Å²) in [6, 6.07) is 0.425. The smallest absolute Gasteiger partial charge is 0.419 e. The highest BCUT2D eigenvalue weighted by atomic mass is 35.5. The summed E-state index contributed by atoms with van der Waals surface area (Å²) in [5.41, 5.74) is -3.90. The molecule has 0 heterocycles. The standard InChI is InChI=1S/C9H5ClF6O/c10-3-4-5(8(11,12)13)1-2-6(7(4)17)9(14,15)16/h1-2,17H,3H2. The van der Waals surface area contributed by atoms with Gasteiger partial charge in [-0.15, -0.1) is 11.6 Å². The number of alkyl halides is 7. The van der Waals surface area contributed by atoms with Crippen molar-refractivity contribution in [3.05, 3.63) is 28.8 Å². The summed E-state index contributed by atoms with van der Waals surface area (Å²) in [5, 5.41) is 9.16. The molecule has 0 saturated heterocycles. The van der Waals surface area contributed by atoms with Crippen molar-refractivity contribution >= 4 is 11.6 Å². The SMILES string of the molecule is Oc1c(C(F)(F)F)ccc(C(F)(F)F)c1CCl. The lowest BCUT2D eigenvalue weighted by Gasteiger charge is -2.16. The molecule has 0 aromatic heterocycles. The van der Waals surface area contributed by atoms with Crippen molar-refractivity contribution in [2.24, 2.45) is 0 Å². The van der Waals surface area contributed by atoms with Crippen LogP contribution in [0.4, 0.5) is 26.3 Å². The van der Waals surface area contributed by atoms with Crippen LogP contribution >= 0.6 is 11.6 Å². The highest BCUT2D eigenvalue weighted by Gasteiger charge is 2.40. The Morgan fingerprint density at radius 2 is 1.35 bits per heavy atom. The normalized spacial score (nSPS) is 12.9. The van der Waals surface area contributed by atoms with Crippen molar-refractivity contribution in [3.63, 3.8) is 0 Å². The second-order valence-corrected chi connectivity index (χ2v) is 3.38. The molecule has 1 aromatic carbocycles. The average Bonchev–Trinajstić information content (AvgIpc) is 2.13. The Balaban J connectivity index is 3.49. The lowest BCUT2D eigenvalue weighted by Crippen LogP contribution is -2.12. The van der Waals surface area contributed by atoms with Gasteiger partial charge in [0, 0.05) is 5.56 Å². The summed E-state index contributed by atoms with van der Waals surface area (Å²) in [6.45, 7) is 0. The van der Waals surface area contributed by atoms with Crippen LogP contribution in [-0.2, 0) is 18.2 Å². The van der Waals surface area contributed by atoms with Crippen molar-refractivity contribution in [2.75, 3.05) is 0 Å². The lowest BCUT2D eigenvalue weighted by molar-refractivity contribution is -0.142. The van der Waals surface area contributed by atoms with E-state index in [-0.39, 0.29) is 12.1 Å². The fourth-order valence-corrected chi connectivity index (χ4v) is 1.54. The Bertz CT molecular complexity index is 423. The van der Waals surface area contributed by atoms with E-state index in [1.54, 1.807) is 0 Å². The number of benzene rings is 1. The second kappa shape index (κ2) is 4.29. The van der Waals surface area contributed by atoms with Gasteiger partial charge in [0.2, 0.25) is 0 Å². The van der Waals surface area contributed by atoms with Crippen LogP contribution in [0.25, 0.3) is 0 Å². The Morgan fingerprint density at radius 3 is 1.71 bits per heavy atom. The molecule has 0 fully saturated rings. The topological polar surface area (TPSA) is 20.2 Å². The first-order valence-corrected chi connectivity index (χ1v) is 4.67. The maximum absolute atomic E-state index is 12.4. The minimum absolute atomic E-state index is 0.175. The molecule has 0 spiro atoms. The molecule has 0 saturated carbocycles. The molecule has 0 atom stereocenters. The molecule has 0 unspecified atom stereocenters. The molecule has 8 heteroatoms. The number of phenolic OH excluding ortho intramolecular Hbond substituents is 1. The maximum Gasteiger partial charge on any atom is 0.419 e. The molecule has 0 aliphatic carbocycles. The van der Waals surface area contributed by atoms with Gasteiger partial charge in [-0.1, -0.05) is 0 Å². The summed E-state index contributed by atoms with van der Waals surface area (Å²) < 4.78 is 74.1. The number of rotatable bonds is 1. The molecule has 1 N–H and O–H groups in total. The highest BCUT2D eigenvalue weighted by Crippen LogP contribution is 2.43. The van der Waals surface area contributed by atoms with Crippen molar-refractivity contribution in [2.45, 2.75) is 18.2 Å². The van der Waals surface area contributed by atoms with Gasteiger partial charge in [0.15, 0.2) is 0 Å². The zero-order valence-electron chi connectivity index (χ0n) is 7.95. The molecular weight excluding hydrogens is 274 g/mol. The van der Waals surface area contributed by atoms with Crippen LogP contribution in [0, 0.1) is 0 Å². The van der Waals surface area contributed by atoms with E-state index in [1.165, 1.54) is 0 Å². The third-order valence-electron chi connectivity index (χ3n) is 2.03. The average molecular weight is 279 g/mol. The first-order valence-electron chi connectivity index (χ1n) is 4.14. The van der Waals surface area contributed by atoms with Gasteiger partial charge in [-0.05, 0) is 12.1 Å². The van der Waals surface area contributed by atoms with Crippen molar-refractivity contribution in [1.29, 1.82) is 0 Å². The predicted molar refractivity (Wildman–Crippen MR) is 47.7 cm³/mol. The Kier molecular flexibility index (Phi) is 3.52. The van der Waals surface area contributed by atoms with E-state index >= 15 is 0 Å². The van der Waals surface area contributed by atoms with E-state index in [0.29, 0.717) is 0 Å². The van der Waals surface area contributed by atoms with E-state index < -0.39 is 40.7 Å². The van der Waals surface area contributed by atoms with Gasteiger partial charge in [0.05, 0.1) is 17.0 Å². The summed E-state index contributed by atoms with van der Waals surface area (Å²) in [7, 11) is 0. The lowest BCUT2D eigenvalue weighted by atomic mass is 10.0. The molecule has 0 radical (unpaired) electrons. The number of halogens is 7.